The quantitative estimate of drug-likeness (QED) is 0.0308. The van der Waals surface area contributed by atoms with Gasteiger partial charge in [-0.1, -0.05) is 276 Å². The summed E-state index contributed by atoms with van der Waals surface area (Å²) in [6.45, 7) is 4.07. The van der Waals surface area contributed by atoms with Gasteiger partial charge in [0, 0.05) is 0 Å². The lowest BCUT2D eigenvalue weighted by Gasteiger charge is -2.27. The first kappa shape index (κ1) is 63.8. The summed E-state index contributed by atoms with van der Waals surface area (Å²) in [4.78, 5) is 12.6. The Bertz CT molecular complexity index is 986. The maximum Gasteiger partial charge on any atom is 0.249 e. The number of allylic oxidation sites excluding steroid dienone is 4. The molecule has 65 heavy (non-hydrogen) atoms. The van der Waals surface area contributed by atoms with Gasteiger partial charge >= 0.3 is 0 Å². The van der Waals surface area contributed by atoms with Gasteiger partial charge in [0.2, 0.25) is 5.91 Å². The van der Waals surface area contributed by atoms with Gasteiger partial charge < -0.3 is 25.7 Å². The molecule has 0 spiro atoms. The fraction of sp³-hybridized carbons (Fsp3) is 0.915. The van der Waals surface area contributed by atoms with E-state index >= 15 is 0 Å². The van der Waals surface area contributed by atoms with Gasteiger partial charge in [-0.3, -0.25) is 4.79 Å². The van der Waals surface area contributed by atoms with Crippen LogP contribution >= 0.6 is 0 Å². The van der Waals surface area contributed by atoms with Gasteiger partial charge in [-0.05, 0) is 64.2 Å². The highest BCUT2D eigenvalue weighted by atomic mass is 16.3. The van der Waals surface area contributed by atoms with Crippen molar-refractivity contribution in [2.75, 3.05) is 6.61 Å². The van der Waals surface area contributed by atoms with Crippen molar-refractivity contribution in [3.63, 3.8) is 0 Å². The normalized spacial score (nSPS) is 13.9. The minimum atomic E-state index is -1.28. The second kappa shape index (κ2) is 53.7. The lowest BCUT2D eigenvalue weighted by Crippen LogP contribution is -2.53. The molecule has 1 amide bonds. The van der Waals surface area contributed by atoms with Crippen LogP contribution in [0.15, 0.2) is 24.3 Å². The topological polar surface area (TPSA) is 110 Å². The highest BCUT2D eigenvalue weighted by Gasteiger charge is 2.28. The molecule has 386 valence electrons. The maximum absolute atomic E-state index is 12.6. The van der Waals surface area contributed by atoms with E-state index in [0.29, 0.717) is 12.8 Å². The Labute approximate surface area is 405 Å². The molecule has 0 aromatic rings. The SMILES string of the molecule is CCCCCCCCCC/C=C\CCCCCCCCC(O)C(=O)NC(CO)C(O)C(O)CCC/C=C/CCCCCCCCCCCCCCCCCCCCCCCCCCCC. The van der Waals surface area contributed by atoms with E-state index in [0.717, 1.165) is 44.9 Å². The summed E-state index contributed by atoms with van der Waals surface area (Å²) in [6.07, 6.45) is 65.5. The molecular formula is C59H115NO5. The van der Waals surface area contributed by atoms with Crippen LogP contribution in [0.5, 0.6) is 0 Å². The van der Waals surface area contributed by atoms with E-state index in [2.05, 4.69) is 43.5 Å². The number of aliphatic hydroxyl groups excluding tert-OH is 4. The average Bonchev–Trinajstić information content (AvgIpc) is 3.31. The lowest BCUT2D eigenvalue weighted by molar-refractivity contribution is -0.132. The van der Waals surface area contributed by atoms with E-state index < -0.39 is 36.9 Å². The van der Waals surface area contributed by atoms with Crippen molar-refractivity contribution < 1.29 is 25.2 Å². The first-order chi connectivity index (χ1) is 32.0. The number of amides is 1. The molecule has 0 saturated heterocycles. The van der Waals surface area contributed by atoms with Crippen LogP contribution < -0.4 is 5.32 Å². The zero-order chi connectivity index (χ0) is 47.4. The summed E-state index contributed by atoms with van der Waals surface area (Å²) in [5.74, 6) is -0.594. The van der Waals surface area contributed by atoms with Crippen molar-refractivity contribution in [3.8, 4) is 0 Å². The fourth-order valence-corrected chi connectivity index (χ4v) is 9.29. The van der Waals surface area contributed by atoms with Crippen LogP contribution in [0.3, 0.4) is 0 Å². The number of aliphatic hydroxyl groups is 4. The van der Waals surface area contributed by atoms with Crippen molar-refractivity contribution in [1.29, 1.82) is 0 Å². The molecule has 0 aromatic heterocycles. The summed E-state index contributed by atoms with van der Waals surface area (Å²) >= 11 is 0. The third kappa shape index (κ3) is 47.6. The zero-order valence-corrected chi connectivity index (χ0v) is 43.8. The van der Waals surface area contributed by atoms with Gasteiger partial charge in [0.25, 0.3) is 0 Å². The number of rotatable bonds is 54. The first-order valence-electron chi connectivity index (χ1n) is 29.2. The van der Waals surface area contributed by atoms with Crippen LogP contribution in [0.2, 0.25) is 0 Å². The third-order valence-corrected chi connectivity index (χ3v) is 13.9. The molecule has 4 unspecified atom stereocenters. The van der Waals surface area contributed by atoms with Crippen molar-refractivity contribution in [1.82, 2.24) is 5.32 Å². The van der Waals surface area contributed by atoms with Crippen LogP contribution in [-0.2, 0) is 4.79 Å². The summed E-state index contributed by atoms with van der Waals surface area (Å²) in [6, 6.07) is -1.00. The predicted molar refractivity (Wildman–Crippen MR) is 284 cm³/mol. The predicted octanol–water partition coefficient (Wildman–Crippen LogP) is 17.0. The number of nitrogens with one attached hydrogen (secondary N) is 1. The standard InChI is InChI=1S/C59H115NO5/c1-3-5-7-9-11-13-15-17-19-21-23-24-25-26-27-28-29-30-31-32-33-34-35-37-38-40-42-44-46-48-50-52-56(62)58(64)55(54-61)60-59(65)57(63)53-51-49-47-45-43-41-39-36-22-20-18-16-14-12-10-8-6-4-2/h22,36,44,46,55-58,61-64H,3-21,23-35,37-43,45,47-54H2,1-2H3,(H,60,65)/b36-22-,46-44+. The van der Waals surface area contributed by atoms with Crippen LogP contribution in [0.1, 0.15) is 316 Å². The van der Waals surface area contributed by atoms with E-state index in [-0.39, 0.29) is 0 Å². The summed E-state index contributed by atoms with van der Waals surface area (Å²) in [7, 11) is 0. The number of carbonyl (C=O) groups is 1. The van der Waals surface area contributed by atoms with Crippen molar-refractivity contribution in [2.45, 2.75) is 340 Å². The summed E-state index contributed by atoms with van der Waals surface area (Å²) in [5, 5.41) is 44.0. The Kier molecular flexibility index (Phi) is 52.7. The third-order valence-electron chi connectivity index (χ3n) is 13.9. The van der Waals surface area contributed by atoms with Crippen molar-refractivity contribution >= 4 is 5.91 Å². The van der Waals surface area contributed by atoms with E-state index in [1.165, 1.54) is 244 Å². The number of hydrogen-bond donors (Lipinski definition) is 5. The summed E-state index contributed by atoms with van der Waals surface area (Å²) in [5.41, 5.74) is 0. The Morgan fingerprint density at radius 3 is 0.923 bits per heavy atom. The molecule has 0 aromatic carbocycles. The van der Waals surface area contributed by atoms with Crippen LogP contribution in [0, 0.1) is 0 Å². The maximum atomic E-state index is 12.6. The Morgan fingerprint density at radius 1 is 0.369 bits per heavy atom. The van der Waals surface area contributed by atoms with E-state index in [1.807, 2.05) is 0 Å². The highest BCUT2D eigenvalue weighted by Crippen LogP contribution is 2.18. The fourth-order valence-electron chi connectivity index (χ4n) is 9.29. The smallest absolute Gasteiger partial charge is 0.249 e. The molecule has 4 atom stereocenters. The van der Waals surface area contributed by atoms with Crippen LogP contribution in [0.4, 0.5) is 0 Å². The highest BCUT2D eigenvalue weighted by molar-refractivity contribution is 5.80. The molecule has 0 bridgehead atoms. The van der Waals surface area contributed by atoms with Gasteiger partial charge in [-0.2, -0.15) is 0 Å². The first-order valence-corrected chi connectivity index (χ1v) is 29.2. The molecule has 0 radical (unpaired) electrons. The van der Waals surface area contributed by atoms with Gasteiger partial charge in [0.05, 0.1) is 18.8 Å². The molecular weight excluding hydrogens is 803 g/mol. The van der Waals surface area contributed by atoms with E-state index in [1.54, 1.807) is 0 Å². The van der Waals surface area contributed by atoms with E-state index in [9.17, 15) is 25.2 Å². The molecule has 6 nitrogen and oxygen atoms in total. The molecule has 0 rings (SSSR count). The van der Waals surface area contributed by atoms with Crippen molar-refractivity contribution in [3.05, 3.63) is 24.3 Å². The molecule has 0 heterocycles. The Balaban J connectivity index is 3.61. The largest absolute Gasteiger partial charge is 0.394 e. The second-order valence-corrected chi connectivity index (χ2v) is 20.3. The van der Waals surface area contributed by atoms with Gasteiger partial charge in [0.15, 0.2) is 0 Å². The molecule has 5 N–H and O–H groups in total. The van der Waals surface area contributed by atoms with Crippen LogP contribution in [-0.4, -0.2) is 57.3 Å². The van der Waals surface area contributed by atoms with Crippen molar-refractivity contribution in [2.24, 2.45) is 0 Å². The van der Waals surface area contributed by atoms with Gasteiger partial charge in [-0.15, -0.1) is 0 Å². The average molecular weight is 919 g/mol. The van der Waals surface area contributed by atoms with Gasteiger partial charge in [0.1, 0.15) is 12.2 Å². The number of hydrogen-bond acceptors (Lipinski definition) is 5. The lowest BCUT2D eigenvalue weighted by atomic mass is 10.00. The number of carbonyl (C=O) groups excluding carboxylic acids is 1. The van der Waals surface area contributed by atoms with Crippen LogP contribution in [0.25, 0.3) is 0 Å². The van der Waals surface area contributed by atoms with Gasteiger partial charge in [-0.25, -0.2) is 0 Å². The molecule has 0 saturated carbocycles. The monoisotopic (exact) mass is 918 g/mol. The second-order valence-electron chi connectivity index (χ2n) is 20.3. The molecule has 0 aliphatic heterocycles. The Morgan fingerprint density at radius 2 is 0.631 bits per heavy atom. The minimum Gasteiger partial charge on any atom is -0.394 e. The minimum absolute atomic E-state index is 0.357. The molecule has 0 aliphatic carbocycles. The number of unbranched alkanes of at least 4 members (excludes halogenated alkanes) is 41. The molecule has 6 heteroatoms. The Hall–Kier alpha value is -1.21. The molecule has 0 aliphatic rings. The zero-order valence-electron chi connectivity index (χ0n) is 43.8. The van der Waals surface area contributed by atoms with E-state index in [4.69, 9.17) is 0 Å². The molecule has 0 fully saturated rings. The summed E-state index contributed by atoms with van der Waals surface area (Å²) < 4.78 is 0.